The molecule has 2 aromatic heterocycles. The highest BCUT2D eigenvalue weighted by Gasteiger charge is 2.31. The fraction of sp³-hybridized carbons (Fsp3) is 0.300. The number of piperazine rings is 1. The minimum atomic E-state index is -4.42. The van der Waals surface area contributed by atoms with Crippen LogP contribution < -0.4 is 10.3 Å². The van der Waals surface area contributed by atoms with Crippen LogP contribution >= 0.6 is 0 Å². The first-order chi connectivity index (χ1) is 14.3. The molecule has 10 heteroatoms. The molecule has 0 N–H and O–H groups in total. The molecule has 0 aliphatic carbocycles. The number of hydrogen-bond donors (Lipinski definition) is 0. The average molecular weight is 417 g/mol. The minimum absolute atomic E-state index is 0.000672. The van der Waals surface area contributed by atoms with Crippen LogP contribution in [0.15, 0.2) is 53.6 Å². The van der Waals surface area contributed by atoms with Gasteiger partial charge in [-0.1, -0.05) is 12.1 Å². The molecule has 0 bridgehead atoms. The highest BCUT2D eigenvalue weighted by molar-refractivity contribution is 5.81. The third-order valence-corrected chi connectivity index (χ3v) is 5.08. The van der Waals surface area contributed by atoms with E-state index in [1.807, 2.05) is 4.90 Å². The first kappa shape index (κ1) is 19.9. The van der Waals surface area contributed by atoms with Gasteiger partial charge in [0.15, 0.2) is 0 Å². The summed E-state index contributed by atoms with van der Waals surface area (Å²) in [7, 11) is 0. The molecule has 0 saturated carbocycles. The Kier molecular flexibility index (Phi) is 5.15. The number of fused-ring (bicyclic) bond motifs is 1. The van der Waals surface area contributed by atoms with Crippen molar-refractivity contribution in [2.75, 3.05) is 31.1 Å². The van der Waals surface area contributed by atoms with E-state index >= 15 is 0 Å². The van der Waals surface area contributed by atoms with Crippen LogP contribution in [0.25, 0.3) is 10.9 Å². The molecule has 1 aliphatic rings. The van der Waals surface area contributed by atoms with E-state index in [4.69, 9.17) is 0 Å². The molecule has 3 aromatic rings. The smallest absolute Gasteiger partial charge is 0.353 e. The first-order valence-electron chi connectivity index (χ1n) is 9.34. The second-order valence-electron chi connectivity index (χ2n) is 6.95. The van der Waals surface area contributed by atoms with Crippen molar-refractivity contribution < 1.29 is 18.0 Å². The van der Waals surface area contributed by atoms with Crippen molar-refractivity contribution in [1.29, 1.82) is 0 Å². The average Bonchev–Trinajstić information content (AvgIpc) is 2.75. The maximum Gasteiger partial charge on any atom is 0.417 e. The van der Waals surface area contributed by atoms with Crippen molar-refractivity contribution in [3.05, 3.63) is 64.6 Å². The fourth-order valence-electron chi connectivity index (χ4n) is 3.44. The molecule has 0 radical (unpaired) electrons. The second kappa shape index (κ2) is 7.77. The van der Waals surface area contributed by atoms with Gasteiger partial charge in [0.25, 0.3) is 0 Å². The number of anilines is 1. The summed E-state index contributed by atoms with van der Waals surface area (Å²) in [5, 5.41) is 4.57. The number of alkyl halides is 3. The van der Waals surface area contributed by atoms with Gasteiger partial charge in [-0.25, -0.2) is 4.98 Å². The van der Waals surface area contributed by atoms with Gasteiger partial charge in [-0.3, -0.25) is 14.3 Å². The zero-order chi connectivity index (χ0) is 21.3. The molecule has 0 spiro atoms. The van der Waals surface area contributed by atoms with Gasteiger partial charge in [0.1, 0.15) is 12.4 Å². The molecule has 0 atom stereocenters. The standard InChI is InChI=1S/C20H18F3N5O2/c21-20(22,23)14-5-6-18(24-11-14)26-7-9-27(10-8-26)19(30)13-28-16-4-2-1-3-15(16)17(29)12-25-28/h1-6,11-12H,7-10,13H2. The summed E-state index contributed by atoms with van der Waals surface area (Å²) in [6.07, 6.45) is -2.40. The van der Waals surface area contributed by atoms with E-state index in [0.717, 1.165) is 12.3 Å². The van der Waals surface area contributed by atoms with Crippen LogP contribution in [-0.2, 0) is 17.5 Å². The fourth-order valence-corrected chi connectivity index (χ4v) is 3.44. The number of aromatic nitrogens is 3. The summed E-state index contributed by atoms with van der Waals surface area (Å²) in [5.41, 5.74) is -0.404. The predicted molar refractivity (Wildman–Crippen MR) is 104 cm³/mol. The van der Waals surface area contributed by atoms with Crippen LogP contribution in [0.1, 0.15) is 5.56 Å². The Balaban J connectivity index is 1.40. The Morgan fingerprint density at radius 3 is 2.40 bits per heavy atom. The van der Waals surface area contributed by atoms with Crippen LogP contribution in [0.3, 0.4) is 0 Å². The number of carbonyl (C=O) groups is 1. The number of amides is 1. The van der Waals surface area contributed by atoms with E-state index in [0.29, 0.717) is 42.9 Å². The van der Waals surface area contributed by atoms with E-state index in [-0.39, 0.29) is 17.9 Å². The Morgan fingerprint density at radius 1 is 1.00 bits per heavy atom. The van der Waals surface area contributed by atoms with E-state index in [1.165, 1.54) is 16.9 Å². The number of hydrogen-bond acceptors (Lipinski definition) is 5. The predicted octanol–water partition coefficient (Wildman–Crippen LogP) is 2.16. The minimum Gasteiger partial charge on any atom is -0.353 e. The number of rotatable bonds is 3. The largest absolute Gasteiger partial charge is 0.417 e. The highest BCUT2D eigenvalue weighted by atomic mass is 19.4. The molecule has 156 valence electrons. The van der Waals surface area contributed by atoms with Gasteiger partial charge in [0, 0.05) is 37.8 Å². The molecule has 30 heavy (non-hydrogen) atoms. The molecular formula is C20H18F3N5O2. The monoisotopic (exact) mass is 417 g/mol. The number of carbonyl (C=O) groups excluding carboxylic acids is 1. The van der Waals surface area contributed by atoms with Crippen LogP contribution in [0.2, 0.25) is 0 Å². The van der Waals surface area contributed by atoms with Crippen molar-refractivity contribution in [2.24, 2.45) is 0 Å². The lowest BCUT2D eigenvalue weighted by Gasteiger charge is -2.35. The molecule has 0 unspecified atom stereocenters. The van der Waals surface area contributed by atoms with Crippen molar-refractivity contribution >= 4 is 22.6 Å². The SMILES string of the molecule is O=C(Cn1ncc(=O)c2ccccc21)N1CCN(c2ccc(C(F)(F)F)cn2)CC1. The van der Waals surface area contributed by atoms with Gasteiger partial charge in [-0.2, -0.15) is 18.3 Å². The zero-order valence-electron chi connectivity index (χ0n) is 15.8. The topological polar surface area (TPSA) is 71.3 Å². The molecular weight excluding hydrogens is 399 g/mol. The molecule has 3 heterocycles. The van der Waals surface area contributed by atoms with Gasteiger partial charge in [-0.05, 0) is 24.3 Å². The van der Waals surface area contributed by atoms with Crippen molar-refractivity contribution in [2.45, 2.75) is 12.7 Å². The maximum absolute atomic E-state index is 12.7. The third kappa shape index (κ3) is 3.98. The Morgan fingerprint density at radius 2 is 1.73 bits per heavy atom. The lowest BCUT2D eigenvalue weighted by molar-refractivity contribution is -0.138. The van der Waals surface area contributed by atoms with Gasteiger partial charge >= 0.3 is 6.18 Å². The Bertz CT molecular complexity index is 1120. The van der Waals surface area contributed by atoms with Gasteiger partial charge in [-0.15, -0.1) is 0 Å². The van der Waals surface area contributed by atoms with E-state index < -0.39 is 11.7 Å². The third-order valence-electron chi connectivity index (χ3n) is 5.08. The number of para-hydroxylation sites is 1. The maximum atomic E-state index is 12.7. The summed E-state index contributed by atoms with van der Waals surface area (Å²) in [4.78, 5) is 32.1. The summed E-state index contributed by atoms with van der Waals surface area (Å²) in [6, 6.07) is 9.32. The number of benzene rings is 1. The normalized spacial score (nSPS) is 14.9. The Labute approximate surface area is 169 Å². The van der Waals surface area contributed by atoms with Crippen molar-refractivity contribution in [3.63, 3.8) is 0 Å². The van der Waals surface area contributed by atoms with Crippen molar-refractivity contribution in [1.82, 2.24) is 19.7 Å². The second-order valence-corrected chi connectivity index (χ2v) is 6.95. The number of pyridine rings is 1. The van der Waals surface area contributed by atoms with Crippen LogP contribution in [0, 0.1) is 0 Å². The summed E-state index contributed by atoms with van der Waals surface area (Å²) >= 11 is 0. The lowest BCUT2D eigenvalue weighted by atomic mass is 10.2. The summed E-state index contributed by atoms with van der Waals surface area (Å²) in [6.45, 7) is 1.75. The van der Waals surface area contributed by atoms with Gasteiger partial charge < -0.3 is 9.80 Å². The molecule has 7 nitrogen and oxygen atoms in total. The lowest BCUT2D eigenvalue weighted by Crippen LogP contribution is -2.50. The molecule has 1 saturated heterocycles. The van der Waals surface area contributed by atoms with E-state index in [9.17, 15) is 22.8 Å². The van der Waals surface area contributed by atoms with Crippen LogP contribution in [0.4, 0.5) is 19.0 Å². The molecule has 4 rings (SSSR count). The van der Waals surface area contributed by atoms with Crippen LogP contribution in [0.5, 0.6) is 0 Å². The molecule has 1 amide bonds. The number of nitrogens with zero attached hydrogens (tertiary/aromatic N) is 5. The summed E-state index contributed by atoms with van der Waals surface area (Å²) in [5.74, 6) is 0.305. The van der Waals surface area contributed by atoms with Gasteiger partial charge in [0.05, 0.1) is 17.3 Å². The zero-order valence-corrected chi connectivity index (χ0v) is 15.8. The van der Waals surface area contributed by atoms with E-state index in [1.54, 1.807) is 29.2 Å². The summed E-state index contributed by atoms with van der Waals surface area (Å²) < 4.78 is 39.5. The van der Waals surface area contributed by atoms with Crippen molar-refractivity contribution in [3.8, 4) is 0 Å². The Hall–Kier alpha value is -3.43. The molecule has 1 aliphatic heterocycles. The van der Waals surface area contributed by atoms with Gasteiger partial charge in [0.2, 0.25) is 11.3 Å². The quantitative estimate of drug-likeness (QED) is 0.653. The first-order valence-corrected chi connectivity index (χ1v) is 9.34. The highest BCUT2D eigenvalue weighted by Crippen LogP contribution is 2.29. The van der Waals surface area contributed by atoms with Crippen LogP contribution in [-0.4, -0.2) is 51.8 Å². The number of halogens is 3. The van der Waals surface area contributed by atoms with E-state index in [2.05, 4.69) is 10.1 Å². The molecule has 1 aromatic carbocycles. The molecule has 1 fully saturated rings.